The summed E-state index contributed by atoms with van der Waals surface area (Å²) >= 11 is 0. The molecule has 240 valence electrons. The highest BCUT2D eigenvalue weighted by Crippen LogP contribution is 2.51. The van der Waals surface area contributed by atoms with Gasteiger partial charge in [-0.3, -0.25) is 9.69 Å². The van der Waals surface area contributed by atoms with Gasteiger partial charge in [0.2, 0.25) is 0 Å². The largest absolute Gasteiger partial charge is 0.371 e. The molecule has 1 aliphatic carbocycles. The number of para-hydroxylation sites is 1. The molecular formula is C38H52N6O. The van der Waals surface area contributed by atoms with Gasteiger partial charge in [0.1, 0.15) is 0 Å². The lowest BCUT2D eigenvalue weighted by molar-refractivity contribution is 0.00598. The first kappa shape index (κ1) is 28.6. The molecule has 4 saturated heterocycles. The Kier molecular flexibility index (Phi) is 7.17. The van der Waals surface area contributed by atoms with Crippen molar-refractivity contribution in [3.05, 3.63) is 53.6 Å². The van der Waals surface area contributed by atoms with Gasteiger partial charge in [0.05, 0.1) is 11.4 Å². The first-order valence-electron chi connectivity index (χ1n) is 18.2. The molecule has 0 N–H and O–H groups in total. The molecule has 0 bridgehead atoms. The number of carbonyl (C=O) groups is 1. The zero-order chi connectivity index (χ0) is 30.2. The lowest BCUT2D eigenvalue weighted by Gasteiger charge is -2.48. The number of piperazine rings is 1. The summed E-state index contributed by atoms with van der Waals surface area (Å²) < 4.78 is 0. The number of carbonyl (C=O) groups excluding carboxylic acids is 1. The average Bonchev–Trinajstić information content (AvgIpc) is 3.58. The van der Waals surface area contributed by atoms with Gasteiger partial charge >= 0.3 is 0 Å². The Morgan fingerprint density at radius 2 is 1.67 bits per heavy atom. The third-order valence-electron chi connectivity index (χ3n) is 13.4. The van der Waals surface area contributed by atoms with Gasteiger partial charge in [-0.05, 0) is 93.4 Å². The molecule has 2 aromatic rings. The topological polar surface area (TPSA) is 36.5 Å². The van der Waals surface area contributed by atoms with Crippen LogP contribution < -0.4 is 14.7 Å². The van der Waals surface area contributed by atoms with Gasteiger partial charge in [-0.2, -0.15) is 0 Å². The van der Waals surface area contributed by atoms with E-state index in [0.717, 1.165) is 81.2 Å². The number of nitrogens with zero attached hydrogens (tertiary/aromatic N) is 6. The van der Waals surface area contributed by atoms with Crippen LogP contribution in [0.5, 0.6) is 0 Å². The summed E-state index contributed by atoms with van der Waals surface area (Å²) in [7, 11) is 4.59. The van der Waals surface area contributed by atoms with Gasteiger partial charge < -0.3 is 24.5 Å². The number of anilines is 3. The first-order valence-corrected chi connectivity index (χ1v) is 18.2. The van der Waals surface area contributed by atoms with Crippen LogP contribution in [0.2, 0.25) is 0 Å². The maximum Gasteiger partial charge on any atom is 0.162 e. The summed E-state index contributed by atoms with van der Waals surface area (Å²) in [6, 6.07) is 18.6. The molecule has 6 aliphatic heterocycles. The van der Waals surface area contributed by atoms with Crippen LogP contribution in [0, 0.1) is 11.8 Å². The number of likely N-dealkylation sites (N-methyl/N-ethyl adjacent to an activating group) is 2. The fourth-order valence-electron chi connectivity index (χ4n) is 11.3. The van der Waals surface area contributed by atoms with Gasteiger partial charge in [0, 0.05) is 107 Å². The predicted octanol–water partition coefficient (Wildman–Crippen LogP) is 4.77. The van der Waals surface area contributed by atoms with E-state index in [-0.39, 0.29) is 0 Å². The van der Waals surface area contributed by atoms with Crippen molar-refractivity contribution in [2.24, 2.45) is 11.8 Å². The van der Waals surface area contributed by atoms with Crippen LogP contribution in [-0.2, 0) is 0 Å². The smallest absolute Gasteiger partial charge is 0.162 e. The molecule has 7 nitrogen and oxygen atoms in total. The van der Waals surface area contributed by atoms with E-state index in [4.69, 9.17) is 0 Å². The highest BCUT2D eigenvalue weighted by atomic mass is 16.1. The Balaban J connectivity index is 0.794. The summed E-state index contributed by atoms with van der Waals surface area (Å²) in [5.41, 5.74) is 6.66. The first-order chi connectivity index (χ1) is 22.0. The van der Waals surface area contributed by atoms with E-state index in [2.05, 4.69) is 86.0 Å². The van der Waals surface area contributed by atoms with E-state index in [9.17, 15) is 4.79 Å². The molecule has 5 fully saturated rings. The average molecular weight is 609 g/mol. The quantitative estimate of drug-likeness (QED) is 0.438. The van der Waals surface area contributed by atoms with E-state index in [1.807, 2.05) is 0 Å². The maximum atomic E-state index is 13.3. The monoisotopic (exact) mass is 608 g/mol. The van der Waals surface area contributed by atoms with E-state index < -0.39 is 0 Å². The van der Waals surface area contributed by atoms with Crippen LogP contribution in [-0.4, -0.2) is 118 Å². The highest BCUT2D eigenvalue weighted by Gasteiger charge is 2.56. The summed E-state index contributed by atoms with van der Waals surface area (Å²) in [5.74, 6) is 2.55. The van der Waals surface area contributed by atoms with E-state index >= 15 is 0 Å². The van der Waals surface area contributed by atoms with Crippen molar-refractivity contribution in [1.82, 2.24) is 14.7 Å². The van der Waals surface area contributed by atoms with Crippen LogP contribution in [0.25, 0.3) is 0 Å². The molecule has 7 atom stereocenters. The zero-order valence-corrected chi connectivity index (χ0v) is 27.5. The molecule has 7 aliphatic rings. The number of benzene rings is 2. The second-order valence-electron chi connectivity index (χ2n) is 15.5. The molecule has 0 amide bonds. The minimum absolute atomic E-state index is 0.302. The third kappa shape index (κ3) is 4.66. The number of rotatable bonds is 6. The number of likely N-dealkylation sites (tertiary alicyclic amines) is 1. The Hall–Kier alpha value is -2.61. The predicted molar refractivity (Wildman–Crippen MR) is 183 cm³/mol. The van der Waals surface area contributed by atoms with Crippen molar-refractivity contribution >= 4 is 22.8 Å². The Bertz CT molecular complexity index is 1430. The fourth-order valence-corrected chi connectivity index (χ4v) is 11.3. The lowest BCUT2D eigenvalue weighted by Crippen LogP contribution is -2.60. The van der Waals surface area contributed by atoms with E-state index in [0.29, 0.717) is 24.2 Å². The highest BCUT2D eigenvalue weighted by molar-refractivity contribution is 5.96. The maximum absolute atomic E-state index is 13.3. The summed E-state index contributed by atoms with van der Waals surface area (Å²) in [6.07, 6.45) is 8.30. The molecule has 0 aromatic heterocycles. The Labute approximate surface area is 270 Å². The van der Waals surface area contributed by atoms with Crippen molar-refractivity contribution in [1.29, 1.82) is 0 Å². The molecule has 1 saturated carbocycles. The number of hydrogen-bond acceptors (Lipinski definition) is 7. The lowest BCUT2D eigenvalue weighted by atomic mass is 9.74. The number of fused-ring (bicyclic) bond motifs is 6. The van der Waals surface area contributed by atoms with Crippen molar-refractivity contribution in [3.63, 3.8) is 0 Å². The van der Waals surface area contributed by atoms with Crippen molar-refractivity contribution in [2.75, 3.05) is 87.7 Å². The number of hydrogen-bond donors (Lipinski definition) is 0. The molecule has 45 heavy (non-hydrogen) atoms. The number of Topliss-reactive ketones (excluding diaryl/α,β-unsaturated/α-hetero) is 1. The van der Waals surface area contributed by atoms with Gasteiger partial charge in [-0.15, -0.1) is 0 Å². The van der Waals surface area contributed by atoms with E-state index in [1.54, 1.807) is 5.56 Å². The van der Waals surface area contributed by atoms with Crippen LogP contribution in [0.15, 0.2) is 42.5 Å². The van der Waals surface area contributed by atoms with Gasteiger partial charge in [-0.25, -0.2) is 0 Å². The second-order valence-corrected chi connectivity index (χ2v) is 15.5. The SMILES string of the molecule is CN1CCN2c3c(cccc31)[C@@H]1CN(CCCC(=O)c3ccc(N4CC[C@H]5[C@@H](C4)C4CCCC6C4N5CCN6C)cc3)CC[C@@H]12. The zero-order valence-electron chi connectivity index (χ0n) is 27.5. The molecule has 2 aromatic carbocycles. The standard InChI is InChI=1S/C38H52N6O/c1-39-20-22-43-32-15-18-41(24-30(32)28-6-3-8-34(39)37(28)43)17-5-10-36(45)26-11-13-27(14-12-26)42-19-16-33-31(25-42)29-7-4-9-35-38(29)44(33)23-21-40(35)2/h3,6,8,11-14,29-33,35,38H,4-5,7,9-10,15-25H2,1-2H3/t29?,30-,31-,32-,33-,35?,38?/m0/s1. The minimum Gasteiger partial charge on any atom is -0.371 e. The summed E-state index contributed by atoms with van der Waals surface area (Å²) in [6.45, 7) is 10.4. The number of ketones is 1. The van der Waals surface area contributed by atoms with Gasteiger partial charge in [-0.1, -0.05) is 18.6 Å². The molecule has 0 radical (unpaired) electrons. The van der Waals surface area contributed by atoms with Crippen molar-refractivity contribution in [2.45, 2.75) is 75.0 Å². The van der Waals surface area contributed by atoms with Crippen molar-refractivity contribution in [3.8, 4) is 0 Å². The van der Waals surface area contributed by atoms with Crippen LogP contribution in [0.3, 0.4) is 0 Å². The molecule has 9 rings (SSSR count). The Morgan fingerprint density at radius 1 is 0.800 bits per heavy atom. The molecule has 6 heterocycles. The molecule has 7 heteroatoms. The summed E-state index contributed by atoms with van der Waals surface area (Å²) in [5, 5.41) is 0. The van der Waals surface area contributed by atoms with Crippen LogP contribution in [0.4, 0.5) is 17.1 Å². The van der Waals surface area contributed by atoms with Gasteiger partial charge in [0.25, 0.3) is 0 Å². The minimum atomic E-state index is 0.302. The normalized spacial score (nSPS) is 34.4. The second kappa shape index (κ2) is 11.3. The summed E-state index contributed by atoms with van der Waals surface area (Å²) in [4.78, 5) is 29.3. The Morgan fingerprint density at radius 3 is 2.56 bits per heavy atom. The van der Waals surface area contributed by atoms with Crippen LogP contribution >= 0.6 is 0 Å². The van der Waals surface area contributed by atoms with Gasteiger partial charge in [0.15, 0.2) is 5.78 Å². The molecular weight excluding hydrogens is 556 g/mol. The van der Waals surface area contributed by atoms with Crippen LogP contribution in [0.1, 0.15) is 66.8 Å². The number of piperidine rings is 2. The molecule has 0 spiro atoms. The van der Waals surface area contributed by atoms with Crippen molar-refractivity contribution < 1.29 is 4.79 Å². The van der Waals surface area contributed by atoms with E-state index in [1.165, 1.54) is 68.8 Å². The fraction of sp³-hybridized carbons (Fsp3) is 0.658. The third-order valence-corrected chi connectivity index (χ3v) is 13.4. The molecule has 3 unspecified atom stereocenters.